The Bertz CT molecular complexity index is 871. The molecule has 0 saturated carbocycles. The summed E-state index contributed by atoms with van der Waals surface area (Å²) in [7, 11) is 1.54. The molecule has 0 aromatic heterocycles. The number of benzene rings is 1. The molecule has 0 unspecified atom stereocenters. The van der Waals surface area contributed by atoms with E-state index >= 15 is 0 Å². The minimum absolute atomic E-state index is 0.0571. The number of nitrogens with zero attached hydrogens (tertiary/aromatic N) is 1. The van der Waals surface area contributed by atoms with Crippen LogP contribution in [0.5, 0.6) is 0 Å². The van der Waals surface area contributed by atoms with Crippen LogP contribution in [0.15, 0.2) is 35.5 Å². The molecule has 1 aromatic rings. The Morgan fingerprint density at radius 2 is 1.94 bits per heavy atom. The lowest BCUT2D eigenvalue weighted by Crippen LogP contribution is -2.32. The fourth-order valence-electron chi connectivity index (χ4n) is 3.85. The molecule has 0 spiro atoms. The van der Waals surface area contributed by atoms with Gasteiger partial charge < -0.3 is 25.3 Å². The van der Waals surface area contributed by atoms with Gasteiger partial charge >= 0.3 is 12.1 Å². The summed E-state index contributed by atoms with van der Waals surface area (Å²) in [6.07, 6.45) is 8.88. The predicted molar refractivity (Wildman–Crippen MR) is 139 cm³/mol. The smallest absolute Gasteiger partial charge is 0.411 e. The second-order valence-electron chi connectivity index (χ2n) is 8.38. The van der Waals surface area contributed by atoms with E-state index in [2.05, 4.69) is 22.5 Å². The van der Waals surface area contributed by atoms with Crippen molar-refractivity contribution in [3.05, 3.63) is 36.0 Å². The Morgan fingerprint density at radius 1 is 1.14 bits per heavy atom. The van der Waals surface area contributed by atoms with Gasteiger partial charge in [0.15, 0.2) is 0 Å². The molecule has 1 aromatic carbocycles. The Morgan fingerprint density at radius 3 is 2.69 bits per heavy atom. The lowest BCUT2D eigenvalue weighted by molar-refractivity contribution is -0.144. The van der Waals surface area contributed by atoms with E-state index in [0.717, 1.165) is 49.1 Å². The molecule has 194 valence electrons. The summed E-state index contributed by atoms with van der Waals surface area (Å²) in [5.74, 6) is -0.288. The minimum Gasteiger partial charge on any atom is -0.464 e. The zero-order chi connectivity index (χ0) is 25.5. The van der Waals surface area contributed by atoms with E-state index in [4.69, 9.17) is 19.9 Å². The van der Waals surface area contributed by atoms with Crippen LogP contribution < -0.4 is 16.4 Å². The SMILES string of the molecule is CCOC(=O)[C@@H]1CCCCC[C@H](N)C(CC)=N/C=C\Cc2ccc(NC(=O)OCCOC)cc2N1. The van der Waals surface area contributed by atoms with Crippen LogP contribution in [0.2, 0.25) is 0 Å². The molecule has 4 N–H and O–H groups in total. The van der Waals surface area contributed by atoms with Gasteiger partial charge in [-0.2, -0.15) is 0 Å². The van der Waals surface area contributed by atoms with Crippen molar-refractivity contribution in [2.75, 3.05) is 37.6 Å². The number of rotatable bonds is 7. The van der Waals surface area contributed by atoms with Gasteiger partial charge in [-0.05, 0) is 50.3 Å². The first-order valence-corrected chi connectivity index (χ1v) is 12.4. The fourth-order valence-corrected chi connectivity index (χ4v) is 3.85. The molecule has 0 fully saturated rings. The van der Waals surface area contributed by atoms with Crippen LogP contribution in [-0.2, 0) is 25.4 Å². The summed E-state index contributed by atoms with van der Waals surface area (Å²) in [6, 6.07) is 4.97. The first kappa shape index (κ1) is 28.3. The van der Waals surface area contributed by atoms with E-state index < -0.39 is 12.1 Å². The normalized spacial score (nSPS) is 20.2. The molecule has 9 nitrogen and oxygen atoms in total. The number of ether oxygens (including phenoxy) is 3. The Balaban J connectivity index is 2.31. The molecular weight excluding hydrogens is 448 g/mol. The molecule has 0 aliphatic carbocycles. The zero-order valence-corrected chi connectivity index (χ0v) is 21.2. The fraction of sp³-hybridized carbons (Fsp3) is 0.577. The van der Waals surface area contributed by atoms with E-state index in [9.17, 15) is 9.59 Å². The van der Waals surface area contributed by atoms with Crippen molar-refractivity contribution in [2.45, 2.75) is 70.9 Å². The molecule has 35 heavy (non-hydrogen) atoms. The summed E-state index contributed by atoms with van der Waals surface area (Å²) in [5, 5.41) is 6.09. The van der Waals surface area contributed by atoms with Gasteiger partial charge in [0.05, 0.1) is 13.2 Å². The van der Waals surface area contributed by atoms with Crippen molar-refractivity contribution in [1.82, 2.24) is 0 Å². The highest BCUT2D eigenvalue weighted by atomic mass is 16.6. The maximum absolute atomic E-state index is 12.7. The maximum atomic E-state index is 12.7. The van der Waals surface area contributed by atoms with Gasteiger partial charge in [-0.3, -0.25) is 10.3 Å². The van der Waals surface area contributed by atoms with Crippen molar-refractivity contribution in [3.63, 3.8) is 0 Å². The second-order valence-corrected chi connectivity index (χ2v) is 8.38. The van der Waals surface area contributed by atoms with Crippen LogP contribution in [0, 0.1) is 0 Å². The van der Waals surface area contributed by atoms with Gasteiger partial charge in [0, 0.05) is 36.4 Å². The number of methoxy groups -OCH3 is 1. The number of amides is 1. The summed E-state index contributed by atoms with van der Waals surface area (Å²) in [4.78, 5) is 29.4. The predicted octanol–water partition coefficient (Wildman–Crippen LogP) is 4.42. The number of aliphatic imine (C=N–C) groups is 1. The number of fused-ring (bicyclic) bond motifs is 1. The Labute approximate surface area is 208 Å². The minimum atomic E-state index is -0.571. The standard InChI is InChI=1S/C26H40N4O5/c1-4-22-21(27)11-7-6-8-12-23(25(31)34-5-2)30-24-18-20(29-26(32)35-17-16-33-3)14-13-19(24)10-9-15-28-22/h9,13-15,18,21,23,30H,4-8,10-12,16-17,27H2,1-3H3,(H,29,32)/b15-9-,28-22?/t21-,23-/m0/s1. The van der Waals surface area contributed by atoms with Crippen molar-refractivity contribution in [2.24, 2.45) is 10.7 Å². The summed E-state index contributed by atoms with van der Waals surface area (Å²) >= 11 is 0. The van der Waals surface area contributed by atoms with Gasteiger partial charge in [0.25, 0.3) is 0 Å². The summed E-state index contributed by atoms with van der Waals surface area (Å²) < 4.78 is 15.3. The number of allylic oxidation sites excluding steroid dienone is 1. The van der Waals surface area contributed by atoms with E-state index in [1.165, 1.54) is 0 Å². The quantitative estimate of drug-likeness (QED) is 0.383. The second kappa shape index (κ2) is 15.9. The first-order valence-electron chi connectivity index (χ1n) is 12.4. The molecular formula is C26H40N4O5. The highest BCUT2D eigenvalue weighted by Gasteiger charge is 2.21. The monoisotopic (exact) mass is 488 g/mol. The van der Waals surface area contributed by atoms with E-state index in [0.29, 0.717) is 31.7 Å². The third-order valence-corrected chi connectivity index (χ3v) is 5.76. The average molecular weight is 489 g/mol. The van der Waals surface area contributed by atoms with Crippen LogP contribution in [0.25, 0.3) is 0 Å². The molecule has 0 saturated heterocycles. The first-order chi connectivity index (χ1) is 17.0. The Kier molecular flexibility index (Phi) is 12.9. The molecule has 0 bridgehead atoms. The van der Waals surface area contributed by atoms with Gasteiger partial charge in [-0.25, -0.2) is 9.59 Å². The van der Waals surface area contributed by atoms with E-state index in [-0.39, 0.29) is 18.6 Å². The number of esters is 1. The molecule has 9 heteroatoms. The van der Waals surface area contributed by atoms with Gasteiger partial charge in [0.1, 0.15) is 12.6 Å². The van der Waals surface area contributed by atoms with Crippen molar-refractivity contribution in [1.29, 1.82) is 0 Å². The number of nitrogens with one attached hydrogen (secondary N) is 2. The van der Waals surface area contributed by atoms with Crippen LogP contribution >= 0.6 is 0 Å². The van der Waals surface area contributed by atoms with Crippen molar-refractivity contribution < 1.29 is 23.8 Å². The van der Waals surface area contributed by atoms with Crippen LogP contribution in [0.3, 0.4) is 0 Å². The van der Waals surface area contributed by atoms with Gasteiger partial charge in [-0.1, -0.05) is 38.3 Å². The third-order valence-electron chi connectivity index (χ3n) is 5.76. The number of anilines is 2. The van der Waals surface area contributed by atoms with Crippen molar-refractivity contribution >= 4 is 29.1 Å². The molecule has 0 radical (unpaired) electrons. The maximum Gasteiger partial charge on any atom is 0.411 e. The zero-order valence-electron chi connectivity index (χ0n) is 21.2. The number of carbonyl (C=O) groups excluding carboxylic acids is 2. The van der Waals surface area contributed by atoms with Crippen molar-refractivity contribution in [3.8, 4) is 0 Å². The number of hydrogen-bond donors (Lipinski definition) is 3. The lowest BCUT2D eigenvalue weighted by atomic mass is 10.0. The summed E-state index contributed by atoms with van der Waals surface area (Å²) in [6.45, 7) is 4.66. The van der Waals surface area contributed by atoms with Gasteiger partial charge in [0.2, 0.25) is 0 Å². The molecule has 1 aliphatic heterocycles. The van der Waals surface area contributed by atoms with E-state index in [1.807, 2.05) is 18.2 Å². The molecule has 1 amide bonds. The lowest BCUT2D eigenvalue weighted by Gasteiger charge is -2.21. The number of carbonyl (C=O) groups is 2. The Hall–Kier alpha value is -2.91. The van der Waals surface area contributed by atoms with E-state index in [1.54, 1.807) is 26.3 Å². The summed E-state index contributed by atoms with van der Waals surface area (Å²) in [5.41, 5.74) is 9.60. The number of nitrogens with two attached hydrogens (primary N) is 1. The third kappa shape index (κ3) is 10.1. The molecule has 1 aliphatic rings. The highest BCUT2D eigenvalue weighted by Crippen LogP contribution is 2.25. The average Bonchev–Trinajstić information content (AvgIpc) is 2.84. The van der Waals surface area contributed by atoms with Crippen LogP contribution in [0.4, 0.5) is 16.2 Å². The number of hydrogen-bond acceptors (Lipinski definition) is 8. The topological polar surface area (TPSA) is 124 Å². The van der Waals surface area contributed by atoms with Crippen LogP contribution in [-0.4, -0.2) is 56.8 Å². The highest BCUT2D eigenvalue weighted by molar-refractivity contribution is 5.89. The molecule has 1 heterocycles. The largest absolute Gasteiger partial charge is 0.464 e. The molecule has 2 rings (SSSR count). The van der Waals surface area contributed by atoms with Crippen LogP contribution in [0.1, 0.15) is 57.9 Å². The molecule has 2 atom stereocenters. The van der Waals surface area contributed by atoms with Gasteiger partial charge in [-0.15, -0.1) is 0 Å².